The summed E-state index contributed by atoms with van der Waals surface area (Å²) in [5, 5.41) is 8.58. The number of fused-ring (bicyclic) bond motifs is 1. The molecule has 0 amide bonds. The molecule has 1 aromatic rings. The molecule has 88 valence electrons. The standard InChI is InChI=1S/C11H18N4O/c1-11(5-2-6-16-11)10-14-13-9-4-3-8(12)7-15(9)10/h8H,2-7,12H2,1H3. The molecule has 0 saturated carbocycles. The molecule has 3 rings (SSSR count). The van der Waals surface area contributed by atoms with Gasteiger partial charge in [-0.15, -0.1) is 10.2 Å². The van der Waals surface area contributed by atoms with Gasteiger partial charge < -0.3 is 15.0 Å². The van der Waals surface area contributed by atoms with Gasteiger partial charge in [0.1, 0.15) is 11.4 Å². The van der Waals surface area contributed by atoms with E-state index < -0.39 is 0 Å². The summed E-state index contributed by atoms with van der Waals surface area (Å²) in [5.74, 6) is 2.03. The molecule has 0 aromatic carbocycles. The van der Waals surface area contributed by atoms with Crippen molar-refractivity contribution in [2.75, 3.05) is 6.61 Å². The molecule has 1 fully saturated rings. The minimum atomic E-state index is -0.248. The van der Waals surface area contributed by atoms with Gasteiger partial charge in [0.05, 0.1) is 0 Å². The van der Waals surface area contributed by atoms with Crippen LogP contribution >= 0.6 is 0 Å². The maximum atomic E-state index is 6.00. The maximum Gasteiger partial charge on any atom is 0.165 e. The Bertz CT molecular complexity index is 395. The van der Waals surface area contributed by atoms with Crippen molar-refractivity contribution in [2.45, 2.75) is 50.8 Å². The van der Waals surface area contributed by atoms with Crippen LogP contribution in [0.4, 0.5) is 0 Å². The first kappa shape index (κ1) is 10.2. The van der Waals surface area contributed by atoms with Crippen LogP contribution in [0.25, 0.3) is 0 Å². The lowest BCUT2D eigenvalue weighted by Crippen LogP contribution is -2.35. The SMILES string of the molecule is CC1(c2nnc3n2CC(N)CC3)CCCO1. The fourth-order valence-electron chi connectivity index (χ4n) is 2.70. The molecule has 0 aliphatic carbocycles. The zero-order valence-electron chi connectivity index (χ0n) is 9.65. The maximum absolute atomic E-state index is 6.00. The third kappa shape index (κ3) is 1.46. The Morgan fingerprint density at radius 1 is 1.50 bits per heavy atom. The van der Waals surface area contributed by atoms with Crippen LogP contribution in [0.5, 0.6) is 0 Å². The van der Waals surface area contributed by atoms with Gasteiger partial charge in [0.25, 0.3) is 0 Å². The summed E-state index contributed by atoms with van der Waals surface area (Å²) in [4.78, 5) is 0. The average molecular weight is 222 g/mol. The van der Waals surface area contributed by atoms with Crippen molar-refractivity contribution in [3.8, 4) is 0 Å². The van der Waals surface area contributed by atoms with Crippen LogP contribution in [0.2, 0.25) is 0 Å². The highest BCUT2D eigenvalue weighted by Crippen LogP contribution is 2.35. The van der Waals surface area contributed by atoms with E-state index in [0.29, 0.717) is 0 Å². The van der Waals surface area contributed by atoms with Gasteiger partial charge in [0, 0.05) is 25.6 Å². The number of aromatic nitrogens is 3. The van der Waals surface area contributed by atoms with Crippen LogP contribution in [0, 0.1) is 0 Å². The lowest BCUT2D eigenvalue weighted by molar-refractivity contribution is 0.00556. The summed E-state index contributed by atoms with van der Waals surface area (Å²) in [6, 6.07) is 0.229. The zero-order chi connectivity index (χ0) is 11.2. The van der Waals surface area contributed by atoms with Crippen molar-refractivity contribution in [3.05, 3.63) is 11.6 Å². The van der Waals surface area contributed by atoms with E-state index in [0.717, 1.165) is 50.5 Å². The van der Waals surface area contributed by atoms with Crippen LogP contribution in [0.1, 0.15) is 37.8 Å². The predicted molar refractivity (Wildman–Crippen MR) is 58.9 cm³/mol. The summed E-state index contributed by atoms with van der Waals surface area (Å²) in [5.41, 5.74) is 5.75. The molecule has 2 N–H and O–H groups in total. The van der Waals surface area contributed by atoms with E-state index in [2.05, 4.69) is 21.7 Å². The molecule has 1 aromatic heterocycles. The minimum absolute atomic E-state index is 0.229. The largest absolute Gasteiger partial charge is 0.367 e. The Kier molecular flexibility index (Phi) is 2.26. The van der Waals surface area contributed by atoms with E-state index >= 15 is 0 Å². The van der Waals surface area contributed by atoms with E-state index in [1.807, 2.05) is 0 Å². The fraction of sp³-hybridized carbons (Fsp3) is 0.818. The van der Waals surface area contributed by atoms with Gasteiger partial charge in [-0.3, -0.25) is 0 Å². The number of hydrogen-bond acceptors (Lipinski definition) is 4. The summed E-state index contributed by atoms with van der Waals surface area (Å²) in [7, 11) is 0. The molecule has 3 heterocycles. The van der Waals surface area contributed by atoms with E-state index in [4.69, 9.17) is 10.5 Å². The quantitative estimate of drug-likeness (QED) is 0.754. The van der Waals surface area contributed by atoms with Gasteiger partial charge in [-0.2, -0.15) is 0 Å². The van der Waals surface area contributed by atoms with Gasteiger partial charge in [0.2, 0.25) is 0 Å². The second-order valence-corrected chi connectivity index (χ2v) is 5.03. The normalized spacial score (nSPS) is 34.0. The topological polar surface area (TPSA) is 66.0 Å². The van der Waals surface area contributed by atoms with Gasteiger partial charge in [-0.1, -0.05) is 0 Å². The van der Waals surface area contributed by atoms with Crippen LogP contribution in [-0.2, 0) is 23.3 Å². The van der Waals surface area contributed by atoms with Gasteiger partial charge in [-0.05, 0) is 26.2 Å². The molecule has 2 aliphatic rings. The lowest BCUT2D eigenvalue weighted by Gasteiger charge is -2.27. The minimum Gasteiger partial charge on any atom is -0.367 e. The number of nitrogens with two attached hydrogens (primary N) is 1. The van der Waals surface area contributed by atoms with Crippen molar-refractivity contribution >= 4 is 0 Å². The van der Waals surface area contributed by atoms with E-state index in [1.54, 1.807) is 0 Å². The molecule has 2 atom stereocenters. The third-order valence-corrected chi connectivity index (χ3v) is 3.68. The molecule has 2 aliphatic heterocycles. The molecule has 0 radical (unpaired) electrons. The van der Waals surface area contributed by atoms with Crippen molar-refractivity contribution in [1.82, 2.24) is 14.8 Å². The molecule has 5 nitrogen and oxygen atoms in total. The van der Waals surface area contributed by atoms with Gasteiger partial charge >= 0.3 is 0 Å². The first-order chi connectivity index (χ1) is 7.69. The second-order valence-electron chi connectivity index (χ2n) is 5.03. The van der Waals surface area contributed by atoms with Gasteiger partial charge in [0.15, 0.2) is 5.82 Å². The van der Waals surface area contributed by atoms with Crippen LogP contribution in [-0.4, -0.2) is 27.4 Å². The van der Waals surface area contributed by atoms with Crippen LogP contribution in [0.3, 0.4) is 0 Å². The number of aryl methyl sites for hydroxylation is 1. The summed E-state index contributed by atoms with van der Waals surface area (Å²) >= 11 is 0. The Hall–Kier alpha value is -0.940. The summed E-state index contributed by atoms with van der Waals surface area (Å²) in [6.07, 6.45) is 4.07. The van der Waals surface area contributed by atoms with E-state index in [1.165, 1.54) is 0 Å². The highest BCUT2D eigenvalue weighted by Gasteiger charge is 2.38. The third-order valence-electron chi connectivity index (χ3n) is 3.68. The molecular formula is C11H18N4O. The Labute approximate surface area is 95.0 Å². The number of hydrogen-bond donors (Lipinski definition) is 1. The first-order valence-electron chi connectivity index (χ1n) is 6.01. The first-order valence-corrected chi connectivity index (χ1v) is 6.01. The number of rotatable bonds is 1. The monoisotopic (exact) mass is 222 g/mol. The van der Waals surface area contributed by atoms with E-state index in [-0.39, 0.29) is 11.6 Å². The Morgan fingerprint density at radius 2 is 2.38 bits per heavy atom. The molecule has 16 heavy (non-hydrogen) atoms. The molecule has 0 spiro atoms. The second kappa shape index (κ2) is 3.53. The Morgan fingerprint density at radius 3 is 3.12 bits per heavy atom. The molecule has 5 heteroatoms. The summed E-state index contributed by atoms with van der Waals surface area (Å²) < 4.78 is 7.99. The molecule has 0 bridgehead atoms. The van der Waals surface area contributed by atoms with Crippen LogP contribution < -0.4 is 5.73 Å². The lowest BCUT2D eigenvalue weighted by atomic mass is 10.0. The predicted octanol–water partition coefficient (Wildman–Crippen LogP) is 0.577. The zero-order valence-corrected chi connectivity index (χ0v) is 9.65. The number of ether oxygens (including phenoxy) is 1. The van der Waals surface area contributed by atoms with Crippen molar-refractivity contribution in [3.63, 3.8) is 0 Å². The molecule has 1 saturated heterocycles. The van der Waals surface area contributed by atoms with Crippen molar-refractivity contribution < 1.29 is 4.74 Å². The van der Waals surface area contributed by atoms with Crippen molar-refractivity contribution in [2.24, 2.45) is 5.73 Å². The molecular weight excluding hydrogens is 204 g/mol. The highest BCUT2D eigenvalue weighted by atomic mass is 16.5. The van der Waals surface area contributed by atoms with E-state index in [9.17, 15) is 0 Å². The average Bonchev–Trinajstić information content (AvgIpc) is 2.84. The number of nitrogens with zero attached hydrogens (tertiary/aromatic N) is 3. The van der Waals surface area contributed by atoms with Crippen LogP contribution in [0.15, 0.2) is 0 Å². The fourth-order valence-corrected chi connectivity index (χ4v) is 2.70. The Balaban J connectivity index is 1.99. The molecule has 2 unspecified atom stereocenters. The summed E-state index contributed by atoms with van der Waals surface area (Å²) in [6.45, 7) is 3.76. The van der Waals surface area contributed by atoms with Crippen molar-refractivity contribution in [1.29, 1.82) is 0 Å². The highest BCUT2D eigenvalue weighted by molar-refractivity contribution is 5.09. The smallest absolute Gasteiger partial charge is 0.165 e. The van der Waals surface area contributed by atoms with Gasteiger partial charge in [-0.25, -0.2) is 0 Å².